The van der Waals surface area contributed by atoms with Crippen molar-refractivity contribution in [2.45, 2.75) is 49.9 Å². The maximum atomic E-state index is 11.7. The Morgan fingerprint density at radius 2 is 1.97 bits per heavy atom. The van der Waals surface area contributed by atoms with Crippen molar-refractivity contribution in [3.8, 4) is 5.75 Å². The molecule has 2 aromatic carbocycles. The number of hydrogen-bond donors (Lipinski definition) is 2. The van der Waals surface area contributed by atoms with E-state index in [1.165, 1.54) is 11.1 Å². The van der Waals surface area contributed by atoms with Crippen molar-refractivity contribution in [1.29, 1.82) is 0 Å². The third-order valence-corrected chi connectivity index (χ3v) is 8.42. The molecule has 6 rings (SSSR count). The van der Waals surface area contributed by atoms with E-state index in [2.05, 4.69) is 28.4 Å². The van der Waals surface area contributed by atoms with E-state index >= 15 is 0 Å². The van der Waals surface area contributed by atoms with Crippen LogP contribution in [0.5, 0.6) is 5.75 Å². The first kappa shape index (κ1) is 25.2. The molecule has 2 saturated heterocycles. The zero-order valence-corrected chi connectivity index (χ0v) is 22.1. The number of nitrogens with one attached hydrogen (secondary N) is 1. The Bertz CT molecular complexity index is 1290. The Hall–Kier alpha value is -3.06. The highest BCUT2D eigenvalue weighted by molar-refractivity contribution is 6.30. The fourth-order valence-electron chi connectivity index (χ4n) is 5.93. The number of rotatable bonds is 5. The Morgan fingerprint density at radius 1 is 1.16 bits per heavy atom. The summed E-state index contributed by atoms with van der Waals surface area (Å²) in [6, 6.07) is 13.8. The topological polar surface area (TPSA) is 71.0 Å². The van der Waals surface area contributed by atoms with E-state index in [4.69, 9.17) is 21.1 Å². The standard InChI is InChI=1S/C31H33ClN2O4/c32-23-8-6-22(7-9-23)31(36)13-17-34(18-14-31)16-2-4-24-25-3-1-15-33-27(25)20-37-29-10-5-21(19-26(24)29)28-11-12-30(35)38-28/h1,3-10,15,19,27-28,33,36H,2,11-14,16-18,20H2/b24-4+. The maximum absolute atomic E-state index is 11.7. The normalized spacial score (nSPS) is 25.5. The van der Waals surface area contributed by atoms with Crippen molar-refractivity contribution in [3.63, 3.8) is 0 Å². The number of carbonyl (C=O) groups is 1. The van der Waals surface area contributed by atoms with Gasteiger partial charge in [0.05, 0.1) is 11.6 Å². The summed E-state index contributed by atoms with van der Waals surface area (Å²) in [6.45, 7) is 3.15. The predicted molar refractivity (Wildman–Crippen MR) is 148 cm³/mol. The van der Waals surface area contributed by atoms with Gasteiger partial charge in [-0.3, -0.25) is 4.79 Å². The van der Waals surface area contributed by atoms with E-state index in [-0.39, 0.29) is 18.1 Å². The van der Waals surface area contributed by atoms with Gasteiger partial charge in [-0.15, -0.1) is 0 Å². The van der Waals surface area contributed by atoms with Gasteiger partial charge >= 0.3 is 5.97 Å². The zero-order valence-electron chi connectivity index (χ0n) is 21.4. The van der Waals surface area contributed by atoms with E-state index < -0.39 is 5.60 Å². The lowest BCUT2D eigenvalue weighted by Crippen LogP contribution is -2.42. The van der Waals surface area contributed by atoms with E-state index in [0.717, 1.165) is 48.5 Å². The minimum atomic E-state index is -0.796. The van der Waals surface area contributed by atoms with Gasteiger partial charge in [0, 0.05) is 36.6 Å². The molecule has 4 heterocycles. The van der Waals surface area contributed by atoms with Gasteiger partial charge in [-0.25, -0.2) is 0 Å². The highest BCUT2D eigenvalue weighted by Gasteiger charge is 2.34. The molecule has 0 spiro atoms. The molecule has 38 heavy (non-hydrogen) atoms. The molecule has 0 aliphatic carbocycles. The summed E-state index contributed by atoms with van der Waals surface area (Å²) >= 11 is 6.04. The van der Waals surface area contributed by atoms with Crippen molar-refractivity contribution in [1.82, 2.24) is 10.2 Å². The number of piperidine rings is 1. The summed E-state index contributed by atoms with van der Waals surface area (Å²) in [5.41, 5.74) is 4.59. The van der Waals surface area contributed by atoms with Gasteiger partial charge in [0.2, 0.25) is 0 Å². The number of allylic oxidation sites excluding steroid dienone is 2. The van der Waals surface area contributed by atoms with Crippen molar-refractivity contribution in [2.75, 3.05) is 26.2 Å². The SMILES string of the molecule is O=C1CCC(c2ccc3c(c2)/C(=C/CCN2CCC(O)(c4ccc(Cl)cc4)CC2)C2=CC=CNC2CO3)O1. The van der Waals surface area contributed by atoms with Gasteiger partial charge in [-0.1, -0.05) is 42.0 Å². The van der Waals surface area contributed by atoms with Crippen LogP contribution in [0, 0.1) is 0 Å². The molecule has 198 valence electrons. The summed E-state index contributed by atoms with van der Waals surface area (Å²) in [7, 11) is 0. The Labute approximate surface area is 228 Å². The Balaban J connectivity index is 1.19. The van der Waals surface area contributed by atoms with Crippen LogP contribution in [0.25, 0.3) is 5.57 Å². The predicted octanol–water partition coefficient (Wildman–Crippen LogP) is 5.28. The lowest BCUT2D eigenvalue weighted by Gasteiger charge is -2.38. The van der Waals surface area contributed by atoms with Gasteiger partial charge in [0.25, 0.3) is 0 Å². The van der Waals surface area contributed by atoms with Gasteiger partial charge in [0.15, 0.2) is 0 Å². The number of dihydropyridines is 1. The van der Waals surface area contributed by atoms with Crippen LogP contribution in [0.2, 0.25) is 5.02 Å². The summed E-state index contributed by atoms with van der Waals surface area (Å²) in [5, 5.41) is 15.4. The second-order valence-electron chi connectivity index (χ2n) is 10.6. The molecule has 0 amide bonds. The van der Waals surface area contributed by atoms with Crippen LogP contribution in [-0.4, -0.2) is 48.3 Å². The number of aliphatic hydroxyl groups is 1. The molecule has 4 aliphatic heterocycles. The minimum Gasteiger partial charge on any atom is -0.490 e. The van der Waals surface area contributed by atoms with Gasteiger partial charge < -0.3 is 24.8 Å². The van der Waals surface area contributed by atoms with Gasteiger partial charge in [-0.05, 0) is 84.5 Å². The smallest absolute Gasteiger partial charge is 0.306 e. The Kier molecular flexibility index (Phi) is 7.04. The lowest BCUT2D eigenvalue weighted by atomic mass is 9.84. The maximum Gasteiger partial charge on any atom is 0.306 e. The van der Waals surface area contributed by atoms with E-state index in [0.29, 0.717) is 37.3 Å². The molecule has 0 radical (unpaired) electrons. The number of likely N-dealkylation sites (tertiary alicyclic amines) is 1. The number of ether oxygens (including phenoxy) is 2. The second kappa shape index (κ2) is 10.6. The quantitative estimate of drug-likeness (QED) is 0.511. The molecule has 0 saturated carbocycles. The first-order valence-electron chi connectivity index (χ1n) is 13.5. The molecule has 0 aromatic heterocycles. The summed E-state index contributed by atoms with van der Waals surface area (Å²) in [4.78, 5) is 14.2. The van der Waals surface area contributed by atoms with Crippen molar-refractivity contribution < 1.29 is 19.4 Å². The zero-order chi connectivity index (χ0) is 26.1. The summed E-state index contributed by atoms with van der Waals surface area (Å²) < 4.78 is 11.8. The van der Waals surface area contributed by atoms with Crippen LogP contribution >= 0.6 is 11.6 Å². The van der Waals surface area contributed by atoms with Crippen LogP contribution in [0.3, 0.4) is 0 Å². The largest absolute Gasteiger partial charge is 0.490 e. The average Bonchev–Trinajstić information content (AvgIpc) is 3.31. The molecular weight excluding hydrogens is 500 g/mol. The van der Waals surface area contributed by atoms with Crippen LogP contribution in [0.1, 0.15) is 54.9 Å². The van der Waals surface area contributed by atoms with Gasteiger partial charge in [0.1, 0.15) is 18.5 Å². The molecule has 2 N–H and O–H groups in total. The average molecular weight is 533 g/mol. The Morgan fingerprint density at radius 3 is 2.74 bits per heavy atom. The third kappa shape index (κ3) is 5.13. The molecule has 2 aromatic rings. The molecule has 0 bridgehead atoms. The molecule has 7 heteroatoms. The fraction of sp³-hybridized carbons (Fsp3) is 0.387. The monoisotopic (exact) mass is 532 g/mol. The second-order valence-corrected chi connectivity index (χ2v) is 11.0. The highest BCUT2D eigenvalue weighted by atomic mass is 35.5. The number of esters is 1. The fourth-order valence-corrected chi connectivity index (χ4v) is 6.06. The number of fused-ring (bicyclic) bond motifs is 2. The molecule has 6 nitrogen and oxygen atoms in total. The lowest BCUT2D eigenvalue weighted by molar-refractivity contribution is -0.141. The summed E-state index contributed by atoms with van der Waals surface area (Å²) in [6.07, 6.45) is 11.7. The van der Waals surface area contributed by atoms with Crippen LogP contribution in [0.15, 0.2) is 72.5 Å². The first-order valence-corrected chi connectivity index (χ1v) is 13.9. The van der Waals surface area contributed by atoms with E-state index in [1.807, 2.05) is 48.7 Å². The number of hydrogen-bond acceptors (Lipinski definition) is 6. The number of benzene rings is 2. The molecule has 2 unspecified atom stereocenters. The van der Waals surface area contributed by atoms with Crippen LogP contribution in [0.4, 0.5) is 0 Å². The number of carbonyl (C=O) groups excluding carboxylic acids is 1. The van der Waals surface area contributed by atoms with Crippen molar-refractivity contribution >= 4 is 23.1 Å². The van der Waals surface area contributed by atoms with E-state index in [9.17, 15) is 9.90 Å². The van der Waals surface area contributed by atoms with E-state index in [1.54, 1.807) is 0 Å². The number of halogens is 1. The summed E-state index contributed by atoms with van der Waals surface area (Å²) in [5.74, 6) is 0.721. The number of nitrogens with zero attached hydrogens (tertiary/aromatic N) is 1. The van der Waals surface area contributed by atoms with Crippen molar-refractivity contribution in [3.05, 3.63) is 94.2 Å². The molecule has 4 aliphatic rings. The molecular formula is C31H33ClN2O4. The third-order valence-electron chi connectivity index (χ3n) is 8.17. The molecule has 2 fully saturated rings. The highest BCUT2D eigenvalue weighted by Crippen LogP contribution is 2.40. The van der Waals surface area contributed by atoms with Crippen LogP contribution < -0.4 is 10.1 Å². The van der Waals surface area contributed by atoms with Gasteiger partial charge in [-0.2, -0.15) is 0 Å². The van der Waals surface area contributed by atoms with Crippen LogP contribution in [-0.2, 0) is 15.1 Å². The molecule has 2 atom stereocenters. The minimum absolute atomic E-state index is 0.0794. The van der Waals surface area contributed by atoms with Crippen molar-refractivity contribution in [2.24, 2.45) is 0 Å². The first-order chi connectivity index (χ1) is 18.5. The number of cyclic esters (lactones) is 1.